The zero-order valence-corrected chi connectivity index (χ0v) is 20.2. The van der Waals surface area contributed by atoms with E-state index in [4.69, 9.17) is 15.5 Å². The second-order valence-corrected chi connectivity index (χ2v) is 9.27. The van der Waals surface area contributed by atoms with Gasteiger partial charge in [-0.05, 0) is 11.0 Å². The van der Waals surface area contributed by atoms with E-state index in [0.717, 1.165) is 5.56 Å². The van der Waals surface area contributed by atoms with Crippen molar-refractivity contribution in [3.05, 3.63) is 66.5 Å². The molecular formula is C25H33FN6O2. The third kappa shape index (κ3) is 6.24. The number of benzene rings is 1. The molecule has 8 nitrogen and oxygen atoms in total. The van der Waals surface area contributed by atoms with Gasteiger partial charge in [0, 0.05) is 38.8 Å². The minimum Gasteiger partial charge on any atom is -0.375 e. The van der Waals surface area contributed by atoms with Crippen molar-refractivity contribution in [1.82, 2.24) is 24.4 Å². The lowest BCUT2D eigenvalue weighted by atomic mass is 9.84. The smallest absolute Gasteiger partial charge is 0.249 e. The Morgan fingerprint density at radius 2 is 1.94 bits per heavy atom. The molecule has 0 aliphatic heterocycles. The van der Waals surface area contributed by atoms with Crippen molar-refractivity contribution in [3.63, 3.8) is 0 Å². The van der Waals surface area contributed by atoms with E-state index in [1.807, 2.05) is 61.9 Å². The number of ether oxygens (including phenoxy) is 1. The Kier molecular flexibility index (Phi) is 8.46. The predicted octanol–water partition coefficient (Wildman–Crippen LogP) is 3.25. The number of alkyl halides is 1. The Bertz CT molecular complexity index is 1050. The number of carbonyl (C=O) groups excluding carboxylic acids is 1. The van der Waals surface area contributed by atoms with Gasteiger partial charge in [-0.1, -0.05) is 51.1 Å². The zero-order valence-electron chi connectivity index (χ0n) is 20.2. The molecule has 182 valence electrons. The summed E-state index contributed by atoms with van der Waals surface area (Å²) in [5.74, 6) is 0.305. The molecule has 1 amide bonds. The van der Waals surface area contributed by atoms with Crippen LogP contribution in [0, 0.1) is 5.41 Å². The van der Waals surface area contributed by atoms with E-state index < -0.39 is 17.6 Å². The van der Waals surface area contributed by atoms with Crippen molar-refractivity contribution >= 4 is 5.91 Å². The summed E-state index contributed by atoms with van der Waals surface area (Å²) in [4.78, 5) is 28.1. The van der Waals surface area contributed by atoms with Gasteiger partial charge in [0.05, 0.1) is 18.8 Å². The van der Waals surface area contributed by atoms with E-state index in [9.17, 15) is 9.18 Å². The number of nitrogens with zero attached hydrogens (tertiary/aromatic N) is 5. The Morgan fingerprint density at radius 3 is 2.53 bits per heavy atom. The van der Waals surface area contributed by atoms with Gasteiger partial charge in [0.1, 0.15) is 30.0 Å². The maximum Gasteiger partial charge on any atom is 0.249 e. The van der Waals surface area contributed by atoms with Gasteiger partial charge >= 0.3 is 0 Å². The first-order valence-electron chi connectivity index (χ1n) is 11.2. The van der Waals surface area contributed by atoms with Crippen LogP contribution >= 0.6 is 0 Å². The number of hydrogen-bond acceptors (Lipinski definition) is 6. The second kappa shape index (κ2) is 11.3. The molecule has 1 aromatic carbocycles. The molecule has 0 saturated carbocycles. The van der Waals surface area contributed by atoms with Gasteiger partial charge < -0.3 is 19.9 Å². The van der Waals surface area contributed by atoms with Gasteiger partial charge in [0.15, 0.2) is 0 Å². The van der Waals surface area contributed by atoms with Gasteiger partial charge in [0.2, 0.25) is 5.91 Å². The number of aromatic nitrogens is 4. The minimum atomic E-state index is -1.37. The molecule has 2 N–H and O–H groups in total. The monoisotopic (exact) mass is 468 g/mol. The van der Waals surface area contributed by atoms with Crippen LogP contribution in [0.5, 0.6) is 0 Å². The number of carbonyl (C=O) groups is 1. The molecule has 1 unspecified atom stereocenters. The van der Waals surface area contributed by atoms with E-state index in [1.165, 1.54) is 12.0 Å². The summed E-state index contributed by atoms with van der Waals surface area (Å²) in [7, 11) is 1.45. The molecule has 34 heavy (non-hydrogen) atoms. The van der Waals surface area contributed by atoms with Crippen LogP contribution in [0.2, 0.25) is 0 Å². The molecular weight excluding hydrogens is 435 g/mol. The molecule has 0 fully saturated rings. The Labute approximate surface area is 200 Å². The van der Waals surface area contributed by atoms with Crippen LogP contribution in [0.1, 0.15) is 38.2 Å². The summed E-state index contributed by atoms with van der Waals surface area (Å²) >= 11 is 0. The van der Waals surface area contributed by atoms with Crippen LogP contribution in [0.3, 0.4) is 0 Å². The standard InChI is InChI=1S/C25H33FN6O2/c1-25(2,3)23(32(15-19(26)12-27)22(33)17-34-4)24-30-21(20-13-28-10-11-29-20)16-31(24)14-18-8-6-5-7-9-18/h5-11,13,16,19,23H,12,14-15,17,27H2,1-4H3/t19?,23-/m0/s1. The van der Waals surface area contributed by atoms with Crippen molar-refractivity contribution < 1.29 is 13.9 Å². The third-order valence-electron chi connectivity index (χ3n) is 5.44. The van der Waals surface area contributed by atoms with Gasteiger partial charge in [-0.2, -0.15) is 0 Å². The SMILES string of the molecule is COCC(=O)N(CC(F)CN)[C@@H](c1nc(-c2cnccn2)cn1Cc1ccccc1)C(C)(C)C. The van der Waals surface area contributed by atoms with Gasteiger partial charge in [-0.3, -0.25) is 14.8 Å². The van der Waals surface area contributed by atoms with Crippen LogP contribution in [0.4, 0.5) is 4.39 Å². The number of rotatable bonds is 10. The Balaban J connectivity index is 2.16. The molecule has 3 aromatic rings. The van der Waals surface area contributed by atoms with Gasteiger partial charge in [0.25, 0.3) is 0 Å². The summed E-state index contributed by atoms with van der Waals surface area (Å²) in [5.41, 5.74) is 7.41. The molecule has 9 heteroatoms. The van der Waals surface area contributed by atoms with Crippen molar-refractivity contribution in [3.8, 4) is 11.4 Å². The summed E-state index contributed by atoms with van der Waals surface area (Å²) in [5, 5.41) is 0. The van der Waals surface area contributed by atoms with Crippen LogP contribution in [-0.4, -0.2) is 63.3 Å². The van der Waals surface area contributed by atoms with Crippen LogP contribution in [0.15, 0.2) is 55.1 Å². The summed E-state index contributed by atoms with van der Waals surface area (Å²) in [6.07, 6.45) is 5.38. The van der Waals surface area contributed by atoms with Crippen molar-refractivity contribution in [2.24, 2.45) is 11.1 Å². The third-order valence-corrected chi connectivity index (χ3v) is 5.44. The van der Waals surface area contributed by atoms with Crippen LogP contribution < -0.4 is 5.73 Å². The first kappa shape index (κ1) is 25.5. The molecule has 0 aliphatic carbocycles. The van der Waals surface area contributed by atoms with Crippen molar-refractivity contribution in [1.29, 1.82) is 0 Å². The van der Waals surface area contributed by atoms with E-state index in [-0.39, 0.29) is 25.6 Å². The maximum absolute atomic E-state index is 14.6. The van der Waals surface area contributed by atoms with E-state index >= 15 is 0 Å². The lowest BCUT2D eigenvalue weighted by Gasteiger charge is -2.40. The highest BCUT2D eigenvalue weighted by Crippen LogP contribution is 2.39. The molecule has 2 atom stereocenters. The molecule has 0 spiro atoms. The van der Waals surface area contributed by atoms with E-state index in [2.05, 4.69) is 9.97 Å². The normalized spacial score (nSPS) is 13.5. The number of methoxy groups -OCH3 is 1. The molecule has 0 radical (unpaired) electrons. The predicted molar refractivity (Wildman–Crippen MR) is 129 cm³/mol. The van der Waals surface area contributed by atoms with Crippen LogP contribution in [-0.2, 0) is 16.1 Å². The highest BCUT2D eigenvalue weighted by atomic mass is 19.1. The molecule has 2 aromatic heterocycles. The average Bonchev–Trinajstić information content (AvgIpc) is 3.22. The number of halogens is 1. The molecule has 2 heterocycles. The topological polar surface area (TPSA) is 99.2 Å². The molecule has 0 aliphatic rings. The maximum atomic E-state index is 14.6. The molecule has 0 saturated heterocycles. The lowest BCUT2D eigenvalue weighted by molar-refractivity contribution is -0.141. The van der Waals surface area contributed by atoms with Crippen molar-refractivity contribution in [2.45, 2.75) is 39.5 Å². The molecule has 0 bridgehead atoms. The highest BCUT2D eigenvalue weighted by Gasteiger charge is 2.39. The summed E-state index contributed by atoms with van der Waals surface area (Å²) < 4.78 is 21.7. The average molecular weight is 469 g/mol. The lowest BCUT2D eigenvalue weighted by Crippen LogP contribution is -2.47. The van der Waals surface area contributed by atoms with Gasteiger partial charge in [-0.15, -0.1) is 0 Å². The fourth-order valence-corrected chi connectivity index (χ4v) is 3.95. The number of nitrogens with two attached hydrogens (primary N) is 1. The molecule has 3 rings (SSSR count). The number of imidazole rings is 1. The Hall–Kier alpha value is -3.17. The minimum absolute atomic E-state index is 0.153. The number of hydrogen-bond donors (Lipinski definition) is 1. The highest BCUT2D eigenvalue weighted by molar-refractivity contribution is 5.78. The number of amides is 1. The van der Waals surface area contributed by atoms with E-state index in [0.29, 0.717) is 23.8 Å². The first-order valence-corrected chi connectivity index (χ1v) is 11.2. The van der Waals surface area contributed by atoms with Crippen LogP contribution in [0.25, 0.3) is 11.4 Å². The van der Waals surface area contributed by atoms with Crippen molar-refractivity contribution in [2.75, 3.05) is 26.8 Å². The second-order valence-electron chi connectivity index (χ2n) is 9.27. The fourth-order valence-electron chi connectivity index (χ4n) is 3.95. The summed E-state index contributed by atoms with van der Waals surface area (Å²) in [6.45, 7) is 6.03. The van der Waals surface area contributed by atoms with E-state index in [1.54, 1.807) is 18.6 Å². The quantitative estimate of drug-likeness (QED) is 0.490. The summed E-state index contributed by atoms with van der Waals surface area (Å²) in [6, 6.07) is 9.41. The largest absolute Gasteiger partial charge is 0.375 e. The zero-order chi connectivity index (χ0) is 24.7. The first-order chi connectivity index (χ1) is 16.2. The fraction of sp³-hybridized carbons (Fsp3) is 0.440. The Morgan fingerprint density at radius 1 is 1.21 bits per heavy atom. The van der Waals surface area contributed by atoms with Gasteiger partial charge in [-0.25, -0.2) is 9.37 Å².